The van der Waals surface area contributed by atoms with Gasteiger partial charge >= 0.3 is 0 Å². The van der Waals surface area contributed by atoms with E-state index in [2.05, 4.69) is 10.3 Å². The van der Waals surface area contributed by atoms with E-state index < -0.39 is 0 Å². The molecule has 0 radical (unpaired) electrons. The minimum atomic E-state index is 0.0689. The van der Waals surface area contributed by atoms with Crippen LogP contribution in [-0.2, 0) is 4.79 Å². The second kappa shape index (κ2) is 9.65. The molecule has 1 amide bonds. The molecule has 0 unspecified atom stereocenters. The highest BCUT2D eigenvalue weighted by atomic mass is 16.5. The molecule has 1 aliphatic carbocycles. The van der Waals surface area contributed by atoms with Crippen LogP contribution in [0, 0.1) is 5.92 Å². The normalized spacial score (nSPS) is 18.8. The number of benzene rings is 1. The predicted octanol–water partition coefficient (Wildman–Crippen LogP) is 4.53. The summed E-state index contributed by atoms with van der Waals surface area (Å²) in [7, 11) is 1.66. The number of aromatic nitrogens is 2. The molecular formula is C26H29N3O4. The Labute approximate surface area is 193 Å². The van der Waals surface area contributed by atoms with Crippen LogP contribution in [0.1, 0.15) is 38.5 Å². The minimum absolute atomic E-state index is 0.0689. The van der Waals surface area contributed by atoms with Crippen molar-refractivity contribution in [2.75, 3.05) is 20.3 Å². The first kappa shape index (κ1) is 21.5. The van der Waals surface area contributed by atoms with Crippen LogP contribution in [0.2, 0.25) is 0 Å². The Hall–Kier alpha value is -3.35. The average molecular weight is 448 g/mol. The number of nitrogens with one attached hydrogen (secondary N) is 1. The van der Waals surface area contributed by atoms with Gasteiger partial charge in [-0.1, -0.05) is 6.42 Å². The van der Waals surface area contributed by atoms with Gasteiger partial charge in [-0.2, -0.15) is 0 Å². The molecule has 1 N–H and O–H groups in total. The lowest BCUT2D eigenvalue weighted by Crippen LogP contribution is -2.19. The van der Waals surface area contributed by atoms with Crippen molar-refractivity contribution in [2.24, 2.45) is 5.92 Å². The highest BCUT2D eigenvalue weighted by Crippen LogP contribution is 2.36. The van der Waals surface area contributed by atoms with Gasteiger partial charge in [0.25, 0.3) is 0 Å². The van der Waals surface area contributed by atoms with Gasteiger partial charge in [0, 0.05) is 30.6 Å². The summed E-state index contributed by atoms with van der Waals surface area (Å²) < 4.78 is 18.0. The predicted molar refractivity (Wildman–Crippen MR) is 126 cm³/mol. The summed E-state index contributed by atoms with van der Waals surface area (Å²) in [6.45, 7) is 1.06. The minimum Gasteiger partial charge on any atom is -0.493 e. The van der Waals surface area contributed by atoms with E-state index in [1.165, 1.54) is 19.3 Å². The number of nitrogens with zero attached hydrogens (tertiary/aromatic N) is 2. The summed E-state index contributed by atoms with van der Waals surface area (Å²) in [5.74, 6) is 2.20. The molecule has 0 spiro atoms. The Kier molecular flexibility index (Phi) is 6.28. The zero-order chi connectivity index (χ0) is 22.6. The van der Waals surface area contributed by atoms with Crippen LogP contribution >= 0.6 is 0 Å². The van der Waals surface area contributed by atoms with Gasteiger partial charge in [0.05, 0.1) is 36.4 Å². The average Bonchev–Trinajstić information content (AvgIpc) is 3.28. The summed E-state index contributed by atoms with van der Waals surface area (Å²) in [5, 5.41) is 3.70. The lowest BCUT2D eigenvalue weighted by Gasteiger charge is -2.24. The van der Waals surface area contributed by atoms with Crippen molar-refractivity contribution in [1.29, 1.82) is 0 Å². The van der Waals surface area contributed by atoms with Crippen LogP contribution in [0.3, 0.4) is 0 Å². The molecule has 7 heteroatoms. The van der Waals surface area contributed by atoms with E-state index in [0.29, 0.717) is 31.2 Å². The van der Waals surface area contributed by atoms with E-state index in [0.717, 1.165) is 40.8 Å². The molecule has 1 atom stereocenters. The van der Waals surface area contributed by atoms with Gasteiger partial charge in [0.1, 0.15) is 0 Å². The summed E-state index contributed by atoms with van der Waals surface area (Å²) in [4.78, 5) is 20.8. The van der Waals surface area contributed by atoms with Crippen molar-refractivity contribution >= 4 is 16.8 Å². The van der Waals surface area contributed by atoms with Crippen molar-refractivity contribution in [3.63, 3.8) is 0 Å². The second-order valence-electron chi connectivity index (χ2n) is 8.81. The Morgan fingerprint density at radius 1 is 1.09 bits per heavy atom. The third kappa shape index (κ3) is 4.87. The number of hydrogen-bond donors (Lipinski definition) is 1. The van der Waals surface area contributed by atoms with E-state index in [1.807, 2.05) is 36.4 Å². The molecule has 3 heterocycles. The molecule has 3 aromatic rings. The number of hydrogen-bond acceptors (Lipinski definition) is 6. The number of carbonyl (C=O) groups excluding carboxylic acids is 1. The van der Waals surface area contributed by atoms with E-state index in [-0.39, 0.29) is 17.9 Å². The number of methoxy groups -OCH3 is 1. The van der Waals surface area contributed by atoms with Crippen molar-refractivity contribution in [1.82, 2.24) is 15.3 Å². The van der Waals surface area contributed by atoms with Gasteiger partial charge in [0.2, 0.25) is 11.8 Å². The molecular weight excluding hydrogens is 418 g/mol. The summed E-state index contributed by atoms with van der Waals surface area (Å²) in [5.41, 5.74) is 2.46. The fourth-order valence-electron chi connectivity index (χ4n) is 4.57. The van der Waals surface area contributed by atoms with Crippen molar-refractivity contribution in [2.45, 2.75) is 44.6 Å². The van der Waals surface area contributed by atoms with Gasteiger partial charge in [-0.15, -0.1) is 0 Å². The van der Waals surface area contributed by atoms with Gasteiger partial charge in [-0.25, -0.2) is 4.98 Å². The monoisotopic (exact) mass is 447 g/mol. The van der Waals surface area contributed by atoms with Crippen LogP contribution in [-0.4, -0.2) is 42.2 Å². The smallest absolute Gasteiger partial charge is 0.223 e. The number of amides is 1. The summed E-state index contributed by atoms with van der Waals surface area (Å²) in [6, 6.07) is 11.7. The molecule has 0 bridgehead atoms. The Morgan fingerprint density at radius 2 is 1.97 bits per heavy atom. The SMILES string of the molecule is COc1cc(-c2cc3ncccc3c(OC[C@H]3CNC(=O)C3)n2)ccc1OC1CCCCC1. The molecule has 172 valence electrons. The quantitative estimate of drug-likeness (QED) is 0.573. The molecule has 1 aromatic carbocycles. The van der Waals surface area contributed by atoms with Crippen LogP contribution in [0.4, 0.5) is 0 Å². The largest absolute Gasteiger partial charge is 0.493 e. The van der Waals surface area contributed by atoms with Crippen LogP contribution in [0.25, 0.3) is 22.2 Å². The highest BCUT2D eigenvalue weighted by molar-refractivity contribution is 5.87. The maximum Gasteiger partial charge on any atom is 0.223 e. The molecule has 5 rings (SSSR count). The highest BCUT2D eigenvalue weighted by Gasteiger charge is 2.23. The Bertz CT molecular complexity index is 1140. The van der Waals surface area contributed by atoms with E-state index >= 15 is 0 Å². The first-order chi connectivity index (χ1) is 16.2. The second-order valence-corrected chi connectivity index (χ2v) is 8.81. The fraction of sp³-hybridized carbons (Fsp3) is 0.423. The zero-order valence-electron chi connectivity index (χ0n) is 18.9. The third-order valence-corrected chi connectivity index (χ3v) is 6.39. The first-order valence-electron chi connectivity index (χ1n) is 11.7. The first-order valence-corrected chi connectivity index (χ1v) is 11.7. The molecule has 33 heavy (non-hydrogen) atoms. The number of fused-ring (bicyclic) bond motifs is 1. The van der Waals surface area contributed by atoms with Gasteiger partial charge < -0.3 is 19.5 Å². The maximum absolute atomic E-state index is 11.5. The Balaban J connectivity index is 1.43. The maximum atomic E-state index is 11.5. The number of ether oxygens (including phenoxy) is 3. The van der Waals surface area contributed by atoms with E-state index in [4.69, 9.17) is 19.2 Å². The van der Waals surface area contributed by atoms with Crippen LogP contribution < -0.4 is 19.5 Å². The van der Waals surface area contributed by atoms with Crippen molar-refractivity contribution < 1.29 is 19.0 Å². The van der Waals surface area contributed by atoms with E-state index in [1.54, 1.807) is 13.3 Å². The standard InChI is InChI=1S/C26H29N3O4/c1-31-24-13-18(9-10-23(24)33-19-6-3-2-4-7-19)21-14-22-20(8-5-11-27-22)26(29-21)32-16-17-12-25(30)28-15-17/h5,8-11,13-14,17,19H,2-4,6-7,12,15-16H2,1H3,(H,28,30)/t17-/m1/s1. The fourth-order valence-corrected chi connectivity index (χ4v) is 4.57. The number of rotatable bonds is 7. The topological polar surface area (TPSA) is 82.6 Å². The number of pyridine rings is 2. The van der Waals surface area contributed by atoms with Crippen molar-refractivity contribution in [3.05, 3.63) is 42.6 Å². The molecule has 1 saturated heterocycles. The molecule has 1 aliphatic heterocycles. The lowest BCUT2D eigenvalue weighted by atomic mass is 9.98. The number of carbonyl (C=O) groups is 1. The van der Waals surface area contributed by atoms with Gasteiger partial charge in [-0.05, 0) is 62.1 Å². The zero-order valence-corrected chi connectivity index (χ0v) is 18.9. The summed E-state index contributed by atoms with van der Waals surface area (Å²) in [6.07, 6.45) is 8.39. The van der Waals surface area contributed by atoms with Crippen LogP contribution in [0.5, 0.6) is 17.4 Å². The molecule has 2 aliphatic rings. The molecule has 2 aromatic heterocycles. The molecule has 1 saturated carbocycles. The van der Waals surface area contributed by atoms with Crippen molar-refractivity contribution in [3.8, 4) is 28.6 Å². The van der Waals surface area contributed by atoms with Gasteiger partial charge in [0.15, 0.2) is 11.5 Å². The van der Waals surface area contributed by atoms with Crippen LogP contribution in [0.15, 0.2) is 42.6 Å². The van der Waals surface area contributed by atoms with Gasteiger partial charge in [-0.3, -0.25) is 9.78 Å². The summed E-state index contributed by atoms with van der Waals surface area (Å²) >= 11 is 0. The molecule has 7 nitrogen and oxygen atoms in total. The molecule has 2 fully saturated rings. The lowest BCUT2D eigenvalue weighted by molar-refractivity contribution is -0.119. The van der Waals surface area contributed by atoms with E-state index in [9.17, 15) is 4.79 Å². The third-order valence-electron chi connectivity index (χ3n) is 6.39. The Morgan fingerprint density at radius 3 is 2.76 bits per heavy atom.